The van der Waals surface area contributed by atoms with Crippen LogP contribution >= 0.6 is 0 Å². The van der Waals surface area contributed by atoms with Gasteiger partial charge in [-0.25, -0.2) is 4.98 Å². The van der Waals surface area contributed by atoms with Crippen LogP contribution in [0, 0.1) is 0 Å². The average molecular weight is 278 g/mol. The van der Waals surface area contributed by atoms with Gasteiger partial charge in [-0.15, -0.1) is 0 Å². The minimum Gasteiger partial charge on any atom is -0.473 e. The number of ether oxygens (including phenoxy) is 1. The van der Waals surface area contributed by atoms with Crippen LogP contribution in [-0.2, 0) is 6.54 Å². The summed E-state index contributed by atoms with van der Waals surface area (Å²) >= 11 is 0. The van der Waals surface area contributed by atoms with E-state index >= 15 is 0 Å². The second-order valence-corrected chi connectivity index (χ2v) is 6.57. The Hall–Kier alpha value is -1.20. The number of piperidine rings is 1. The normalized spacial score (nSPS) is 18.2. The smallest absolute Gasteiger partial charge is 0.232 e. The highest BCUT2D eigenvalue weighted by Gasteiger charge is 2.18. The van der Waals surface area contributed by atoms with E-state index in [-0.39, 0.29) is 11.6 Å². The van der Waals surface area contributed by atoms with Gasteiger partial charge in [-0.1, -0.05) is 0 Å². The van der Waals surface area contributed by atoms with Gasteiger partial charge in [0, 0.05) is 31.4 Å². The zero-order valence-corrected chi connectivity index (χ0v) is 13.0. The van der Waals surface area contributed by atoms with Crippen molar-refractivity contribution in [3.8, 4) is 5.88 Å². The third-order valence-electron chi connectivity index (χ3n) is 3.42. The first-order chi connectivity index (χ1) is 9.42. The van der Waals surface area contributed by atoms with Gasteiger partial charge in [0.2, 0.25) is 5.88 Å². The molecular formula is C15H26N4O. The Morgan fingerprint density at radius 2 is 2.00 bits per heavy atom. The van der Waals surface area contributed by atoms with Crippen LogP contribution in [0.25, 0.3) is 0 Å². The Bertz CT molecular complexity index is 422. The fourth-order valence-corrected chi connectivity index (χ4v) is 2.16. The molecule has 2 rings (SSSR count). The van der Waals surface area contributed by atoms with Gasteiger partial charge < -0.3 is 15.0 Å². The monoisotopic (exact) mass is 278 g/mol. The number of hydrogen-bond acceptors (Lipinski definition) is 5. The number of rotatable bonds is 4. The van der Waals surface area contributed by atoms with Crippen LogP contribution in [0.5, 0.6) is 5.88 Å². The van der Waals surface area contributed by atoms with E-state index in [4.69, 9.17) is 4.74 Å². The van der Waals surface area contributed by atoms with Crippen LogP contribution in [0.15, 0.2) is 12.4 Å². The number of aromatic nitrogens is 2. The summed E-state index contributed by atoms with van der Waals surface area (Å²) in [6.45, 7) is 9.30. The van der Waals surface area contributed by atoms with Crippen molar-refractivity contribution >= 4 is 0 Å². The van der Waals surface area contributed by atoms with Gasteiger partial charge >= 0.3 is 0 Å². The zero-order valence-electron chi connectivity index (χ0n) is 13.0. The van der Waals surface area contributed by atoms with Crippen molar-refractivity contribution in [1.29, 1.82) is 0 Å². The van der Waals surface area contributed by atoms with Crippen molar-refractivity contribution in [1.82, 2.24) is 20.2 Å². The topological polar surface area (TPSA) is 50.3 Å². The second kappa shape index (κ2) is 6.50. The molecule has 112 valence electrons. The SMILES string of the molecule is CN1CCC(Oc2cncc(CNC(C)(C)C)n2)CC1. The van der Waals surface area contributed by atoms with Gasteiger partial charge in [0.15, 0.2) is 0 Å². The lowest BCUT2D eigenvalue weighted by Crippen LogP contribution is -2.36. The maximum atomic E-state index is 5.95. The predicted molar refractivity (Wildman–Crippen MR) is 79.8 cm³/mol. The first-order valence-corrected chi connectivity index (χ1v) is 7.33. The molecule has 1 aromatic heterocycles. The minimum atomic E-state index is 0.0759. The summed E-state index contributed by atoms with van der Waals surface area (Å²) in [4.78, 5) is 11.1. The molecule has 0 aromatic carbocycles. The molecule has 1 N–H and O–H groups in total. The molecule has 1 aliphatic heterocycles. The molecule has 0 aliphatic carbocycles. The summed E-state index contributed by atoms with van der Waals surface area (Å²) in [6.07, 6.45) is 5.89. The standard InChI is InChI=1S/C15H26N4O/c1-15(2,3)17-10-12-9-16-11-14(18-12)20-13-5-7-19(4)8-6-13/h9,11,13,17H,5-8,10H2,1-4H3. The van der Waals surface area contributed by atoms with Gasteiger partial charge in [0.25, 0.3) is 0 Å². The number of nitrogens with zero attached hydrogens (tertiary/aromatic N) is 3. The highest BCUT2D eigenvalue weighted by Crippen LogP contribution is 2.16. The molecule has 1 aromatic rings. The number of likely N-dealkylation sites (tertiary alicyclic amines) is 1. The molecule has 0 unspecified atom stereocenters. The van der Waals surface area contributed by atoms with Crippen LogP contribution in [-0.4, -0.2) is 46.6 Å². The van der Waals surface area contributed by atoms with E-state index in [0.717, 1.165) is 31.6 Å². The molecule has 0 saturated carbocycles. The minimum absolute atomic E-state index is 0.0759. The maximum Gasteiger partial charge on any atom is 0.232 e. The highest BCUT2D eigenvalue weighted by atomic mass is 16.5. The van der Waals surface area contributed by atoms with Gasteiger partial charge in [-0.3, -0.25) is 4.98 Å². The van der Waals surface area contributed by atoms with Crippen LogP contribution in [0.3, 0.4) is 0 Å². The summed E-state index contributed by atoms with van der Waals surface area (Å²) < 4.78 is 5.95. The van der Waals surface area contributed by atoms with Crippen molar-refractivity contribution in [2.45, 2.75) is 51.8 Å². The molecule has 5 heteroatoms. The van der Waals surface area contributed by atoms with Crippen molar-refractivity contribution in [2.24, 2.45) is 0 Å². The zero-order chi connectivity index (χ0) is 14.6. The van der Waals surface area contributed by atoms with E-state index in [9.17, 15) is 0 Å². The summed E-state index contributed by atoms with van der Waals surface area (Å²) in [7, 11) is 2.15. The summed E-state index contributed by atoms with van der Waals surface area (Å²) in [6, 6.07) is 0. The molecule has 1 saturated heterocycles. The molecule has 0 spiro atoms. The Kier molecular flexibility index (Phi) is 4.94. The van der Waals surface area contributed by atoms with Crippen LogP contribution in [0.2, 0.25) is 0 Å². The first-order valence-electron chi connectivity index (χ1n) is 7.33. The van der Waals surface area contributed by atoms with Crippen molar-refractivity contribution in [2.75, 3.05) is 20.1 Å². The molecule has 0 amide bonds. The molecule has 1 aliphatic rings. The lowest BCUT2D eigenvalue weighted by atomic mass is 10.1. The van der Waals surface area contributed by atoms with E-state index in [1.807, 2.05) is 0 Å². The van der Waals surface area contributed by atoms with Crippen molar-refractivity contribution in [3.63, 3.8) is 0 Å². The molecule has 0 bridgehead atoms. The van der Waals surface area contributed by atoms with Crippen LogP contribution in [0.1, 0.15) is 39.3 Å². The largest absolute Gasteiger partial charge is 0.473 e. The fourth-order valence-electron chi connectivity index (χ4n) is 2.16. The third-order valence-corrected chi connectivity index (χ3v) is 3.42. The Morgan fingerprint density at radius 3 is 2.65 bits per heavy atom. The van der Waals surface area contributed by atoms with E-state index < -0.39 is 0 Å². The van der Waals surface area contributed by atoms with Gasteiger partial charge in [0.1, 0.15) is 6.10 Å². The van der Waals surface area contributed by atoms with Crippen molar-refractivity contribution in [3.05, 3.63) is 18.1 Å². The highest BCUT2D eigenvalue weighted by molar-refractivity contribution is 5.09. The predicted octanol–water partition coefficient (Wildman–Crippen LogP) is 1.84. The first kappa shape index (κ1) is 15.2. The lowest BCUT2D eigenvalue weighted by Gasteiger charge is -2.28. The van der Waals surface area contributed by atoms with E-state index in [0.29, 0.717) is 12.4 Å². The van der Waals surface area contributed by atoms with E-state index in [1.54, 1.807) is 12.4 Å². The summed E-state index contributed by atoms with van der Waals surface area (Å²) in [5.74, 6) is 0.646. The molecular weight excluding hydrogens is 252 g/mol. The van der Waals surface area contributed by atoms with Gasteiger partial charge in [-0.2, -0.15) is 0 Å². The second-order valence-electron chi connectivity index (χ2n) is 6.57. The Morgan fingerprint density at radius 1 is 1.30 bits per heavy atom. The van der Waals surface area contributed by atoms with Gasteiger partial charge in [-0.05, 0) is 40.7 Å². The molecule has 0 atom stereocenters. The average Bonchev–Trinajstić information content (AvgIpc) is 2.39. The lowest BCUT2D eigenvalue weighted by molar-refractivity contribution is 0.109. The van der Waals surface area contributed by atoms with E-state index in [2.05, 4.69) is 48.0 Å². The molecule has 5 nitrogen and oxygen atoms in total. The van der Waals surface area contributed by atoms with E-state index in [1.165, 1.54) is 0 Å². The molecule has 2 heterocycles. The fraction of sp³-hybridized carbons (Fsp3) is 0.733. The Balaban J connectivity index is 1.89. The number of nitrogens with one attached hydrogen (secondary N) is 1. The molecule has 1 fully saturated rings. The molecule has 20 heavy (non-hydrogen) atoms. The van der Waals surface area contributed by atoms with Crippen LogP contribution in [0.4, 0.5) is 0 Å². The Labute approximate surface area is 121 Å². The van der Waals surface area contributed by atoms with Crippen LogP contribution < -0.4 is 10.1 Å². The third kappa shape index (κ3) is 5.06. The summed E-state index contributed by atoms with van der Waals surface area (Å²) in [5.41, 5.74) is 0.998. The maximum absolute atomic E-state index is 5.95. The number of hydrogen-bond donors (Lipinski definition) is 1. The molecule has 0 radical (unpaired) electrons. The quantitative estimate of drug-likeness (QED) is 0.910. The van der Waals surface area contributed by atoms with Crippen molar-refractivity contribution < 1.29 is 4.74 Å². The summed E-state index contributed by atoms with van der Waals surface area (Å²) in [5, 5.41) is 3.41. The van der Waals surface area contributed by atoms with Gasteiger partial charge in [0.05, 0.1) is 11.9 Å².